The van der Waals surface area contributed by atoms with Crippen molar-refractivity contribution >= 4 is 11.1 Å². The Morgan fingerprint density at radius 1 is 1.09 bits per heavy atom. The summed E-state index contributed by atoms with van der Waals surface area (Å²) < 4.78 is 11.3. The lowest BCUT2D eigenvalue weighted by Gasteiger charge is -2.09. The van der Waals surface area contributed by atoms with Crippen LogP contribution >= 0.6 is 0 Å². The summed E-state index contributed by atoms with van der Waals surface area (Å²) in [4.78, 5) is 6.12. The quantitative estimate of drug-likeness (QED) is 0.579. The number of fused-ring (bicyclic) bond motifs is 1. The van der Waals surface area contributed by atoms with E-state index in [1.54, 1.807) is 24.3 Å². The van der Waals surface area contributed by atoms with E-state index < -0.39 is 0 Å². The summed E-state index contributed by atoms with van der Waals surface area (Å²) in [5.41, 5.74) is 3.47. The van der Waals surface area contributed by atoms with Crippen molar-refractivity contribution < 1.29 is 9.15 Å². The molecule has 0 spiro atoms. The maximum absolute atomic E-state index is 5.80. The maximum Gasteiger partial charge on any atom is 0.227 e. The third-order valence-corrected chi connectivity index (χ3v) is 3.61. The monoisotopic (exact) mass is 306 g/mol. The molecule has 0 aliphatic carbocycles. The number of ether oxygens (including phenoxy) is 1. The molecule has 2 heterocycles. The van der Waals surface area contributed by atoms with E-state index in [2.05, 4.69) is 15.2 Å². The molecule has 0 bridgehead atoms. The van der Waals surface area contributed by atoms with E-state index in [-0.39, 0.29) is 0 Å². The molecule has 0 fully saturated rings. The van der Waals surface area contributed by atoms with Crippen molar-refractivity contribution in [2.24, 2.45) is 0 Å². The number of hydrogen-bond acceptors (Lipinski definition) is 5. The van der Waals surface area contributed by atoms with Crippen molar-refractivity contribution in [3.63, 3.8) is 0 Å². The van der Waals surface area contributed by atoms with Crippen LogP contribution in [0.15, 0.2) is 59.3 Å². The molecule has 0 saturated carbocycles. The van der Waals surface area contributed by atoms with Crippen LogP contribution in [-0.4, -0.2) is 27.1 Å². The molecule has 0 unspecified atom stereocenters. The predicted octanol–water partition coefficient (Wildman–Crippen LogP) is 3.14. The van der Waals surface area contributed by atoms with E-state index in [0.29, 0.717) is 12.4 Å². The first-order chi connectivity index (χ1) is 11.3. The fraction of sp³-hybridized carbons (Fsp3) is 0.118. The summed E-state index contributed by atoms with van der Waals surface area (Å²) in [5.74, 6) is 1.33. The fourth-order valence-corrected chi connectivity index (χ4v) is 2.48. The highest BCUT2D eigenvalue weighted by Gasteiger charge is 2.12. The molecule has 2 aromatic heterocycles. The van der Waals surface area contributed by atoms with Crippen LogP contribution in [0.3, 0.4) is 0 Å². The second-order valence-electron chi connectivity index (χ2n) is 5.07. The van der Waals surface area contributed by atoms with Crippen LogP contribution in [0.2, 0.25) is 0 Å². The minimum absolute atomic E-state index is 0.546. The van der Waals surface area contributed by atoms with Gasteiger partial charge in [-0.1, -0.05) is 18.2 Å². The molecule has 0 saturated heterocycles. The van der Waals surface area contributed by atoms with Gasteiger partial charge < -0.3 is 9.15 Å². The van der Waals surface area contributed by atoms with Crippen LogP contribution < -0.4 is 4.74 Å². The smallest absolute Gasteiger partial charge is 0.227 e. The third kappa shape index (κ3) is 2.55. The van der Waals surface area contributed by atoms with Crippen molar-refractivity contribution in [2.75, 3.05) is 7.11 Å². The molecular weight excluding hydrogens is 292 g/mol. The van der Waals surface area contributed by atoms with Gasteiger partial charge in [-0.2, -0.15) is 15.0 Å². The predicted molar refractivity (Wildman–Crippen MR) is 85.1 cm³/mol. The molecule has 114 valence electrons. The van der Waals surface area contributed by atoms with Gasteiger partial charge >= 0.3 is 0 Å². The Kier molecular flexibility index (Phi) is 3.27. The molecule has 6 nitrogen and oxygen atoms in total. The molecule has 0 aliphatic rings. The number of methoxy groups -OCH3 is 1. The number of nitrogens with zero attached hydrogens (tertiary/aromatic N) is 4. The number of benzene rings is 2. The lowest BCUT2D eigenvalue weighted by molar-refractivity contribution is 0.405. The van der Waals surface area contributed by atoms with Gasteiger partial charge in [0.1, 0.15) is 11.3 Å². The minimum atomic E-state index is 0.546. The van der Waals surface area contributed by atoms with Gasteiger partial charge in [0.25, 0.3) is 0 Å². The first kappa shape index (κ1) is 13.5. The molecule has 0 N–H and O–H groups in total. The molecule has 0 atom stereocenters. The summed E-state index contributed by atoms with van der Waals surface area (Å²) >= 11 is 0. The van der Waals surface area contributed by atoms with E-state index in [4.69, 9.17) is 9.15 Å². The topological polar surface area (TPSA) is 66.0 Å². The van der Waals surface area contributed by atoms with Crippen LogP contribution in [0.25, 0.3) is 22.6 Å². The summed E-state index contributed by atoms with van der Waals surface area (Å²) in [5, 5.41) is 8.23. The van der Waals surface area contributed by atoms with E-state index >= 15 is 0 Å². The standard InChI is InChI=1S/C17H14N4O2/c1-22-16-10-12(6-7-13(16)11-21-18-8-9-19-21)17-20-14-4-2-3-5-15(14)23-17/h2-10H,11H2,1H3. The Morgan fingerprint density at radius 2 is 1.91 bits per heavy atom. The molecule has 4 rings (SSSR count). The summed E-state index contributed by atoms with van der Waals surface area (Å²) in [6.07, 6.45) is 3.30. The van der Waals surface area contributed by atoms with Gasteiger partial charge in [-0.15, -0.1) is 0 Å². The molecule has 6 heteroatoms. The number of hydrogen-bond donors (Lipinski definition) is 0. The van der Waals surface area contributed by atoms with Crippen molar-refractivity contribution in [1.82, 2.24) is 20.0 Å². The van der Waals surface area contributed by atoms with E-state index in [1.807, 2.05) is 42.5 Å². The number of aromatic nitrogens is 4. The second kappa shape index (κ2) is 5.57. The van der Waals surface area contributed by atoms with Crippen molar-refractivity contribution in [2.45, 2.75) is 6.54 Å². The minimum Gasteiger partial charge on any atom is -0.496 e. The van der Waals surface area contributed by atoms with E-state index in [1.165, 1.54) is 0 Å². The number of para-hydroxylation sites is 2. The van der Waals surface area contributed by atoms with Crippen LogP contribution in [0.4, 0.5) is 0 Å². The maximum atomic E-state index is 5.80. The zero-order chi connectivity index (χ0) is 15.6. The normalized spacial score (nSPS) is 11.0. The van der Waals surface area contributed by atoms with E-state index in [0.717, 1.165) is 28.0 Å². The zero-order valence-electron chi connectivity index (χ0n) is 12.5. The highest BCUT2D eigenvalue weighted by atomic mass is 16.5. The summed E-state index contributed by atoms with van der Waals surface area (Å²) in [7, 11) is 1.64. The average molecular weight is 306 g/mol. The van der Waals surface area contributed by atoms with Gasteiger partial charge in [0.15, 0.2) is 5.58 Å². The molecular formula is C17H14N4O2. The van der Waals surface area contributed by atoms with Crippen LogP contribution in [-0.2, 0) is 6.54 Å². The third-order valence-electron chi connectivity index (χ3n) is 3.61. The lowest BCUT2D eigenvalue weighted by atomic mass is 10.1. The lowest BCUT2D eigenvalue weighted by Crippen LogP contribution is -2.05. The SMILES string of the molecule is COc1cc(-c2nc3ccccc3o2)ccc1Cn1nccn1. The van der Waals surface area contributed by atoms with Gasteiger partial charge in [-0.25, -0.2) is 4.98 Å². The van der Waals surface area contributed by atoms with Crippen molar-refractivity contribution in [3.8, 4) is 17.2 Å². The van der Waals surface area contributed by atoms with E-state index in [9.17, 15) is 0 Å². The van der Waals surface area contributed by atoms with Crippen LogP contribution in [0.5, 0.6) is 5.75 Å². The molecule has 23 heavy (non-hydrogen) atoms. The first-order valence-corrected chi connectivity index (χ1v) is 7.20. The Balaban J connectivity index is 1.72. The Hall–Kier alpha value is -3.15. The zero-order valence-corrected chi connectivity index (χ0v) is 12.5. The molecule has 0 aliphatic heterocycles. The highest BCUT2D eigenvalue weighted by molar-refractivity contribution is 5.76. The molecule has 0 amide bonds. The fourth-order valence-electron chi connectivity index (χ4n) is 2.48. The average Bonchev–Trinajstić information content (AvgIpc) is 3.24. The Labute approximate surface area is 132 Å². The molecule has 4 aromatic rings. The van der Waals surface area contributed by atoms with Crippen LogP contribution in [0, 0.1) is 0 Å². The van der Waals surface area contributed by atoms with Gasteiger partial charge in [-0.3, -0.25) is 0 Å². The van der Waals surface area contributed by atoms with Crippen LogP contribution in [0.1, 0.15) is 5.56 Å². The Bertz CT molecular complexity index is 911. The second-order valence-corrected chi connectivity index (χ2v) is 5.07. The van der Waals surface area contributed by atoms with Gasteiger partial charge in [0.05, 0.1) is 26.0 Å². The largest absolute Gasteiger partial charge is 0.496 e. The molecule has 2 aromatic carbocycles. The summed E-state index contributed by atoms with van der Waals surface area (Å²) in [6, 6.07) is 13.6. The highest BCUT2D eigenvalue weighted by Crippen LogP contribution is 2.29. The molecule has 0 radical (unpaired) electrons. The van der Waals surface area contributed by atoms with Crippen molar-refractivity contribution in [1.29, 1.82) is 0 Å². The van der Waals surface area contributed by atoms with Crippen molar-refractivity contribution in [3.05, 3.63) is 60.4 Å². The van der Waals surface area contributed by atoms with Gasteiger partial charge in [0.2, 0.25) is 5.89 Å². The first-order valence-electron chi connectivity index (χ1n) is 7.20. The van der Waals surface area contributed by atoms with Gasteiger partial charge in [0, 0.05) is 11.1 Å². The van der Waals surface area contributed by atoms with Gasteiger partial charge in [-0.05, 0) is 24.3 Å². The summed E-state index contributed by atoms with van der Waals surface area (Å²) in [6.45, 7) is 0.546. The Morgan fingerprint density at radius 3 is 2.70 bits per heavy atom. The number of rotatable bonds is 4. The number of oxazole rings is 1.